The van der Waals surface area contributed by atoms with Crippen LogP contribution >= 0.6 is 0 Å². The lowest BCUT2D eigenvalue weighted by Gasteiger charge is -1.99. The SMILES string of the molecule is N#Cc1cn[nH]c1NC(=O)[C@H]1C[C@@H]1F. The Balaban J connectivity index is 2.04. The maximum Gasteiger partial charge on any atom is 0.231 e. The van der Waals surface area contributed by atoms with Crippen molar-refractivity contribution < 1.29 is 9.18 Å². The molecule has 1 amide bonds. The Morgan fingerprint density at radius 3 is 3.14 bits per heavy atom. The van der Waals surface area contributed by atoms with Crippen LogP contribution in [0.25, 0.3) is 0 Å². The minimum absolute atomic E-state index is 0.233. The zero-order valence-electron chi connectivity index (χ0n) is 7.12. The van der Waals surface area contributed by atoms with E-state index in [1.165, 1.54) is 6.20 Å². The summed E-state index contributed by atoms with van der Waals surface area (Å²) in [6.45, 7) is 0. The summed E-state index contributed by atoms with van der Waals surface area (Å²) in [5.41, 5.74) is 0.245. The number of halogens is 1. The molecule has 2 atom stereocenters. The topological polar surface area (TPSA) is 81.6 Å². The molecular weight excluding hydrogens is 187 g/mol. The number of rotatable bonds is 2. The van der Waals surface area contributed by atoms with Crippen molar-refractivity contribution in [3.8, 4) is 6.07 Å². The lowest BCUT2D eigenvalue weighted by atomic mass is 10.3. The van der Waals surface area contributed by atoms with Gasteiger partial charge in [0, 0.05) is 0 Å². The monoisotopic (exact) mass is 194 g/mol. The van der Waals surface area contributed by atoms with Crippen LogP contribution < -0.4 is 5.32 Å². The number of carbonyl (C=O) groups excluding carboxylic acids is 1. The van der Waals surface area contributed by atoms with E-state index < -0.39 is 18.0 Å². The molecule has 0 bridgehead atoms. The molecule has 14 heavy (non-hydrogen) atoms. The van der Waals surface area contributed by atoms with Crippen LogP contribution in [0, 0.1) is 17.2 Å². The minimum atomic E-state index is -1.04. The van der Waals surface area contributed by atoms with Gasteiger partial charge in [-0.1, -0.05) is 0 Å². The quantitative estimate of drug-likeness (QED) is 0.722. The highest BCUT2D eigenvalue weighted by Crippen LogP contribution is 2.34. The number of hydrogen-bond acceptors (Lipinski definition) is 3. The van der Waals surface area contributed by atoms with Gasteiger partial charge in [0.05, 0.1) is 12.1 Å². The summed E-state index contributed by atoms with van der Waals surface area (Å²) in [7, 11) is 0. The molecular formula is C8H7FN4O. The summed E-state index contributed by atoms with van der Waals surface area (Å²) in [5.74, 6) is -0.736. The number of hydrogen-bond donors (Lipinski definition) is 2. The summed E-state index contributed by atoms with van der Waals surface area (Å²) >= 11 is 0. The molecule has 5 nitrogen and oxygen atoms in total. The molecule has 1 aliphatic carbocycles. The average molecular weight is 194 g/mol. The van der Waals surface area contributed by atoms with E-state index in [9.17, 15) is 9.18 Å². The largest absolute Gasteiger partial charge is 0.310 e. The summed E-state index contributed by atoms with van der Waals surface area (Å²) < 4.78 is 12.5. The van der Waals surface area contributed by atoms with Gasteiger partial charge in [-0.05, 0) is 6.42 Å². The first-order valence-corrected chi connectivity index (χ1v) is 4.10. The molecule has 1 heterocycles. The molecule has 1 aromatic rings. The van der Waals surface area contributed by atoms with Crippen LogP contribution in [0.1, 0.15) is 12.0 Å². The molecule has 6 heteroatoms. The highest BCUT2D eigenvalue weighted by atomic mass is 19.1. The maximum atomic E-state index is 12.5. The number of aromatic nitrogens is 2. The number of nitrogens with one attached hydrogen (secondary N) is 2. The standard InChI is InChI=1S/C8H7FN4O/c9-6-1-5(6)8(14)12-7-4(2-10)3-11-13-7/h3,5-6H,1H2,(H2,11,12,13,14)/t5-,6-/m0/s1. The molecule has 0 saturated heterocycles. The van der Waals surface area contributed by atoms with Gasteiger partial charge in [-0.3, -0.25) is 9.89 Å². The normalized spacial score (nSPS) is 24.0. The third-order valence-electron chi connectivity index (χ3n) is 2.06. The Morgan fingerprint density at radius 1 is 1.86 bits per heavy atom. The van der Waals surface area contributed by atoms with Gasteiger partial charge in [-0.25, -0.2) is 4.39 Å². The van der Waals surface area contributed by atoms with E-state index in [4.69, 9.17) is 5.26 Å². The van der Waals surface area contributed by atoms with E-state index in [2.05, 4.69) is 15.5 Å². The van der Waals surface area contributed by atoms with Gasteiger partial charge in [0.2, 0.25) is 5.91 Å². The molecule has 0 radical (unpaired) electrons. The van der Waals surface area contributed by atoms with Crippen LogP contribution in [-0.4, -0.2) is 22.3 Å². The lowest BCUT2D eigenvalue weighted by molar-refractivity contribution is -0.117. The van der Waals surface area contributed by atoms with Gasteiger partial charge in [-0.15, -0.1) is 0 Å². The van der Waals surface area contributed by atoms with Crippen molar-refractivity contribution in [1.29, 1.82) is 5.26 Å². The number of carbonyl (C=O) groups is 1. The van der Waals surface area contributed by atoms with Crippen molar-refractivity contribution in [2.75, 3.05) is 5.32 Å². The molecule has 2 N–H and O–H groups in total. The Bertz CT molecular complexity index is 408. The molecule has 0 aromatic carbocycles. The molecule has 2 rings (SSSR count). The Labute approximate surface area is 78.9 Å². The van der Waals surface area contributed by atoms with Crippen molar-refractivity contribution >= 4 is 11.7 Å². The van der Waals surface area contributed by atoms with Crippen LogP contribution in [0.2, 0.25) is 0 Å². The van der Waals surface area contributed by atoms with E-state index in [-0.39, 0.29) is 17.8 Å². The summed E-state index contributed by atoms with van der Waals surface area (Å²) in [6.07, 6.45) is 0.528. The number of nitrogens with zero attached hydrogens (tertiary/aromatic N) is 2. The van der Waals surface area contributed by atoms with E-state index in [1.807, 2.05) is 6.07 Å². The fourth-order valence-corrected chi connectivity index (χ4v) is 1.12. The highest BCUT2D eigenvalue weighted by molar-refractivity contribution is 5.94. The second-order valence-corrected chi connectivity index (χ2v) is 3.12. The first-order valence-electron chi connectivity index (χ1n) is 4.10. The second-order valence-electron chi connectivity index (χ2n) is 3.12. The van der Waals surface area contributed by atoms with Crippen molar-refractivity contribution in [3.63, 3.8) is 0 Å². The Morgan fingerprint density at radius 2 is 2.57 bits per heavy atom. The van der Waals surface area contributed by atoms with E-state index in [0.717, 1.165) is 0 Å². The van der Waals surface area contributed by atoms with Crippen LogP contribution in [-0.2, 0) is 4.79 Å². The third-order valence-corrected chi connectivity index (χ3v) is 2.06. The average Bonchev–Trinajstić information content (AvgIpc) is 2.74. The number of H-pyrrole nitrogens is 1. The third kappa shape index (κ3) is 1.44. The van der Waals surface area contributed by atoms with E-state index in [0.29, 0.717) is 0 Å². The van der Waals surface area contributed by atoms with Crippen molar-refractivity contribution in [3.05, 3.63) is 11.8 Å². The van der Waals surface area contributed by atoms with Crippen LogP contribution in [0.3, 0.4) is 0 Å². The highest BCUT2D eigenvalue weighted by Gasteiger charge is 2.43. The smallest absolute Gasteiger partial charge is 0.231 e. The van der Waals surface area contributed by atoms with Gasteiger partial charge in [0.15, 0.2) is 0 Å². The van der Waals surface area contributed by atoms with Crippen molar-refractivity contribution in [2.45, 2.75) is 12.6 Å². The van der Waals surface area contributed by atoms with Gasteiger partial charge in [0.1, 0.15) is 23.6 Å². The van der Waals surface area contributed by atoms with Gasteiger partial charge >= 0.3 is 0 Å². The minimum Gasteiger partial charge on any atom is -0.310 e. The molecule has 0 spiro atoms. The zero-order valence-corrected chi connectivity index (χ0v) is 7.12. The molecule has 0 unspecified atom stereocenters. The summed E-state index contributed by atoms with van der Waals surface area (Å²) in [4.78, 5) is 11.2. The number of aromatic amines is 1. The predicted octanol–water partition coefficient (Wildman–Crippen LogP) is 0.578. The zero-order chi connectivity index (χ0) is 10.1. The number of nitriles is 1. The Hall–Kier alpha value is -1.90. The first-order chi connectivity index (χ1) is 6.72. The molecule has 0 aliphatic heterocycles. The summed E-state index contributed by atoms with van der Waals surface area (Å²) in [5, 5.41) is 17.1. The maximum absolute atomic E-state index is 12.5. The molecule has 1 fully saturated rings. The fourth-order valence-electron chi connectivity index (χ4n) is 1.12. The first kappa shape index (κ1) is 8.69. The van der Waals surface area contributed by atoms with Crippen LogP contribution in [0.5, 0.6) is 0 Å². The lowest BCUT2D eigenvalue weighted by Crippen LogP contribution is -2.15. The van der Waals surface area contributed by atoms with E-state index in [1.54, 1.807) is 0 Å². The van der Waals surface area contributed by atoms with Crippen LogP contribution in [0.4, 0.5) is 10.2 Å². The van der Waals surface area contributed by atoms with Crippen molar-refractivity contribution in [1.82, 2.24) is 10.2 Å². The fraction of sp³-hybridized carbons (Fsp3) is 0.375. The molecule has 1 aromatic heterocycles. The molecule has 1 aliphatic rings. The molecule has 1 saturated carbocycles. The van der Waals surface area contributed by atoms with Gasteiger partial charge in [0.25, 0.3) is 0 Å². The van der Waals surface area contributed by atoms with Crippen LogP contribution in [0.15, 0.2) is 6.20 Å². The predicted molar refractivity (Wildman–Crippen MR) is 44.9 cm³/mol. The summed E-state index contributed by atoms with van der Waals surface area (Å²) in [6, 6.07) is 1.85. The second kappa shape index (κ2) is 3.10. The number of amides is 1. The Kier molecular flexibility index (Phi) is 1.93. The van der Waals surface area contributed by atoms with Gasteiger partial charge < -0.3 is 5.32 Å². The van der Waals surface area contributed by atoms with Crippen molar-refractivity contribution in [2.24, 2.45) is 5.92 Å². The van der Waals surface area contributed by atoms with Gasteiger partial charge in [-0.2, -0.15) is 10.4 Å². The van der Waals surface area contributed by atoms with E-state index >= 15 is 0 Å². The molecule has 72 valence electrons. The number of anilines is 1. The number of alkyl halides is 1.